The van der Waals surface area contributed by atoms with Gasteiger partial charge in [0.1, 0.15) is 5.84 Å². The number of hydrogen-bond acceptors (Lipinski definition) is 4. The Morgan fingerprint density at radius 1 is 1.33 bits per heavy atom. The fourth-order valence-electron chi connectivity index (χ4n) is 0.901. The Kier molecular flexibility index (Phi) is 3.53. The molecule has 0 bridgehead atoms. The van der Waals surface area contributed by atoms with Crippen LogP contribution in [-0.4, -0.2) is 22.0 Å². The molecule has 0 spiro atoms. The maximum atomic E-state index is 8.42. The number of amidine groups is 1. The van der Waals surface area contributed by atoms with Gasteiger partial charge in [-0.25, -0.2) is 0 Å². The molecular weight excluding hydrogens is 158 g/mol. The van der Waals surface area contributed by atoms with E-state index in [2.05, 4.69) is 10.3 Å². The number of oxime groups is 2. The maximum Gasteiger partial charge on any atom is 0.145 e. The summed E-state index contributed by atoms with van der Waals surface area (Å²) >= 11 is 0. The van der Waals surface area contributed by atoms with Gasteiger partial charge in [0, 0.05) is 11.8 Å². The van der Waals surface area contributed by atoms with Crippen LogP contribution in [0.5, 0.6) is 0 Å². The number of rotatable bonds is 3. The van der Waals surface area contributed by atoms with Crippen LogP contribution < -0.4 is 5.73 Å². The zero-order valence-corrected chi connectivity index (χ0v) is 7.57. The predicted octanol–water partition coefficient (Wildman–Crippen LogP) is 0.999. The Morgan fingerprint density at radius 3 is 2.17 bits per heavy atom. The van der Waals surface area contributed by atoms with Crippen LogP contribution in [0.25, 0.3) is 0 Å². The molecular formula is C7H15N3O2. The second-order valence-corrected chi connectivity index (χ2v) is 3.38. The molecule has 0 aromatic rings. The van der Waals surface area contributed by atoms with Gasteiger partial charge in [0.25, 0.3) is 0 Å². The van der Waals surface area contributed by atoms with E-state index in [1.54, 1.807) is 20.8 Å². The molecule has 4 N–H and O–H groups in total. The molecule has 0 unspecified atom stereocenters. The Morgan fingerprint density at radius 2 is 1.83 bits per heavy atom. The summed E-state index contributed by atoms with van der Waals surface area (Å²) in [6.07, 6.45) is 0.458. The Hall–Kier alpha value is -1.26. The lowest BCUT2D eigenvalue weighted by molar-refractivity contribution is 0.305. The highest BCUT2D eigenvalue weighted by Gasteiger charge is 2.24. The van der Waals surface area contributed by atoms with Gasteiger partial charge in [0.05, 0.1) is 5.71 Å². The average Bonchev–Trinajstić information content (AvgIpc) is 2.02. The van der Waals surface area contributed by atoms with Gasteiger partial charge < -0.3 is 16.1 Å². The molecule has 0 aliphatic rings. The molecule has 70 valence electrons. The van der Waals surface area contributed by atoms with E-state index < -0.39 is 5.41 Å². The lowest BCUT2D eigenvalue weighted by Gasteiger charge is -2.21. The van der Waals surface area contributed by atoms with Gasteiger partial charge in [0.2, 0.25) is 0 Å². The third-order valence-electron chi connectivity index (χ3n) is 1.67. The summed E-state index contributed by atoms with van der Waals surface area (Å²) in [5.41, 5.74) is 5.48. The van der Waals surface area contributed by atoms with Crippen LogP contribution in [0.4, 0.5) is 0 Å². The van der Waals surface area contributed by atoms with E-state index in [4.69, 9.17) is 16.1 Å². The molecule has 0 aromatic carbocycles. The molecule has 0 aromatic heterocycles. The van der Waals surface area contributed by atoms with Gasteiger partial charge in [0.15, 0.2) is 0 Å². The third-order valence-corrected chi connectivity index (χ3v) is 1.67. The first kappa shape index (κ1) is 10.7. The van der Waals surface area contributed by atoms with Crippen LogP contribution >= 0.6 is 0 Å². The predicted molar refractivity (Wildman–Crippen MR) is 46.7 cm³/mol. The number of hydrogen-bond donors (Lipinski definition) is 3. The molecule has 0 amide bonds. The van der Waals surface area contributed by atoms with Crippen molar-refractivity contribution in [1.29, 1.82) is 0 Å². The number of nitrogens with zero attached hydrogens (tertiary/aromatic N) is 2. The molecule has 0 radical (unpaired) electrons. The van der Waals surface area contributed by atoms with Crippen molar-refractivity contribution in [3.05, 3.63) is 0 Å². The average molecular weight is 173 g/mol. The summed E-state index contributed by atoms with van der Waals surface area (Å²) in [7, 11) is 0. The van der Waals surface area contributed by atoms with Crippen molar-refractivity contribution in [1.82, 2.24) is 0 Å². The van der Waals surface area contributed by atoms with Gasteiger partial charge in [-0.1, -0.05) is 24.2 Å². The van der Waals surface area contributed by atoms with Crippen LogP contribution in [0.1, 0.15) is 27.2 Å². The van der Waals surface area contributed by atoms with Gasteiger partial charge in [-0.3, -0.25) is 0 Å². The normalized spacial score (nSPS) is 14.9. The SMILES string of the molecule is CC(CC(C)(C)C(N)=NO)=NO. The second-order valence-electron chi connectivity index (χ2n) is 3.38. The first-order valence-electron chi connectivity index (χ1n) is 3.59. The van der Waals surface area contributed by atoms with Gasteiger partial charge in [-0.15, -0.1) is 0 Å². The molecule has 0 saturated carbocycles. The van der Waals surface area contributed by atoms with E-state index in [1.807, 2.05) is 0 Å². The molecule has 0 saturated heterocycles. The minimum atomic E-state index is -0.481. The third kappa shape index (κ3) is 2.77. The van der Waals surface area contributed by atoms with Gasteiger partial charge in [-0.05, 0) is 6.92 Å². The first-order valence-corrected chi connectivity index (χ1v) is 3.59. The van der Waals surface area contributed by atoms with Crippen molar-refractivity contribution < 1.29 is 10.4 Å². The lowest BCUT2D eigenvalue weighted by atomic mass is 9.86. The summed E-state index contributed by atoms with van der Waals surface area (Å²) in [5, 5.41) is 22.7. The first-order chi connectivity index (χ1) is 5.44. The highest BCUT2D eigenvalue weighted by atomic mass is 16.4. The molecule has 5 nitrogen and oxygen atoms in total. The van der Waals surface area contributed by atoms with E-state index >= 15 is 0 Å². The maximum absolute atomic E-state index is 8.42. The molecule has 0 aliphatic heterocycles. The van der Waals surface area contributed by atoms with Gasteiger partial charge >= 0.3 is 0 Å². The minimum absolute atomic E-state index is 0.130. The fourth-order valence-corrected chi connectivity index (χ4v) is 0.901. The molecule has 0 heterocycles. The molecule has 0 atom stereocenters. The highest BCUT2D eigenvalue weighted by Crippen LogP contribution is 2.20. The second kappa shape index (κ2) is 3.94. The highest BCUT2D eigenvalue weighted by molar-refractivity contribution is 5.92. The van der Waals surface area contributed by atoms with Crippen molar-refractivity contribution >= 4 is 11.5 Å². The fraction of sp³-hybridized carbons (Fsp3) is 0.714. The van der Waals surface area contributed by atoms with E-state index in [0.29, 0.717) is 12.1 Å². The standard InChI is InChI=1S/C7H15N3O2/c1-5(9-11)4-7(2,3)6(8)10-12/h11-12H,4H2,1-3H3,(H2,8,10). The van der Waals surface area contributed by atoms with Crippen LogP contribution in [0.15, 0.2) is 10.3 Å². The Bertz CT molecular complexity index is 209. The molecule has 5 heteroatoms. The van der Waals surface area contributed by atoms with Crippen molar-refractivity contribution in [2.75, 3.05) is 0 Å². The van der Waals surface area contributed by atoms with E-state index in [0.717, 1.165) is 0 Å². The Balaban J connectivity index is 4.43. The molecule has 0 rings (SSSR count). The summed E-state index contributed by atoms with van der Waals surface area (Å²) in [5.74, 6) is 0.130. The summed E-state index contributed by atoms with van der Waals surface area (Å²) in [4.78, 5) is 0. The smallest absolute Gasteiger partial charge is 0.145 e. The number of nitrogens with two attached hydrogens (primary N) is 1. The summed E-state index contributed by atoms with van der Waals surface area (Å²) in [6.45, 7) is 5.28. The van der Waals surface area contributed by atoms with Gasteiger partial charge in [-0.2, -0.15) is 0 Å². The van der Waals surface area contributed by atoms with Crippen molar-refractivity contribution in [2.45, 2.75) is 27.2 Å². The van der Waals surface area contributed by atoms with Crippen LogP contribution in [0, 0.1) is 5.41 Å². The van der Waals surface area contributed by atoms with Crippen LogP contribution in [-0.2, 0) is 0 Å². The van der Waals surface area contributed by atoms with E-state index in [-0.39, 0.29) is 5.84 Å². The summed E-state index contributed by atoms with van der Waals surface area (Å²) < 4.78 is 0. The zero-order chi connectivity index (χ0) is 9.78. The van der Waals surface area contributed by atoms with E-state index in [1.165, 1.54) is 0 Å². The lowest BCUT2D eigenvalue weighted by Crippen LogP contribution is -2.33. The largest absolute Gasteiger partial charge is 0.411 e. The zero-order valence-electron chi connectivity index (χ0n) is 7.57. The van der Waals surface area contributed by atoms with E-state index in [9.17, 15) is 0 Å². The van der Waals surface area contributed by atoms with Crippen LogP contribution in [0.2, 0.25) is 0 Å². The van der Waals surface area contributed by atoms with Crippen molar-refractivity contribution in [3.63, 3.8) is 0 Å². The molecule has 12 heavy (non-hydrogen) atoms. The Labute approximate surface area is 71.6 Å². The van der Waals surface area contributed by atoms with Crippen molar-refractivity contribution in [2.24, 2.45) is 21.5 Å². The summed E-state index contributed by atoms with van der Waals surface area (Å²) in [6, 6.07) is 0. The monoisotopic (exact) mass is 173 g/mol. The topological polar surface area (TPSA) is 91.2 Å². The molecule has 0 fully saturated rings. The quantitative estimate of drug-likeness (QED) is 0.257. The van der Waals surface area contributed by atoms with Crippen molar-refractivity contribution in [3.8, 4) is 0 Å². The molecule has 0 aliphatic carbocycles. The minimum Gasteiger partial charge on any atom is -0.411 e. The van der Waals surface area contributed by atoms with Crippen LogP contribution in [0.3, 0.4) is 0 Å².